The minimum absolute atomic E-state index is 0.0450. The zero-order chi connectivity index (χ0) is 32.2. The van der Waals surface area contributed by atoms with Crippen molar-refractivity contribution in [2.45, 2.75) is 174 Å². The second-order valence-electron chi connectivity index (χ2n) is 12.1. The minimum Gasteiger partial charge on any atom is -0.459 e. The van der Waals surface area contributed by atoms with Gasteiger partial charge in [0.2, 0.25) is 0 Å². The van der Waals surface area contributed by atoms with Gasteiger partial charge in [-0.2, -0.15) is 0 Å². The van der Waals surface area contributed by atoms with Crippen molar-refractivity contribution in [3.8, 4) is 0 Å². The molecule has 0 aromatic carbocycles. The number of hydrogen-bond donors (Lipinski definition) is 0. The number of allylic oxidation sites excluding steroid dienone is 6. The van der Waals surface area contributed by atoms with Crippen molar-refractivity contribution in [3.05, 3.63) is 48.6 Å². The van der Waals surface area contributed by atoms with E-state index in [1.807, 2.05) is 12.2 Å². The summed E-state index contributed by atoms with van der Waals surface area (Å²) >= 11 is 0. The van der Waals surface area contributed by atoms with E-state index in [1.54, 1.807) is 12.2 Å². The lowest BCUT2D eigenvalue weighted by Crippen LogP contribution is -2.25. The first-order chi connectivity index (χ1) is 21.6. The molecule has 0 saturated heterocycles. The standard InChI is InChI=1S/C39H69O4P/c1-3-5-7-9-11-13-15-17-19-21-23-25-27-29-31-33-38(40)42-35-37(36-44)43-39(41)34-32-30-28-26-24-22-20-18-16-14-12-10-8-6-4-2/h27-34,37H,3-26,35-36,44H2,1-2H3/b29-27+,30-28+,33-31+,34-32+. The van der Waals surface area contributed by atoms with E-state index in [1.165, 1.54) is 153 Å². The van der Waals surface area contributed by atoms with Gasteiger partial charge in [-0.05, 0) is 25.7 Å². The lowest BCUT2D eigenvalue weighted by molar-refractivity contribution is -0.151. The van der Waals surface area contributed by atoms with E-state index >= 15 is 0 Å². The van der Waals surface area contributed by atoms with Crippen LogP contribution in [-0.2, 0) is 19.1 Å². The Morgan fingerprint density at radius 1 is 0.523 bits per heavy atom. The lowest BCUT2D eigenvalue weighted by Gasteiger charge is -2.14. The summed E-state index contributed by atoms with van der Waals surface area (Å²) in [5.74, 6) is -0.849. The van der Waals surface area contributed by atoms with Crippen molar-refractivity contribution in [2.24, 2.45) is 0 Å². The largest absolute Gasteiger partial charge is 0.459 e. The van der Waals surface area contributed by atoms with Crippen LogP contribution < -0.4 is 0 Å². The van der Waals surface area contributed by atoms with Gasteiger partial charge in [-0.3, -0.25) is 0 Å². The molecule has 0 fully saturated rings. The fraction of sp³-hybridized carbons (Fsp3) is 0.744. The monoisotopic (exact) mass is 632 g/mol. The van der Waals surface area contributed by atoms with Crippen molar-refractivity contribution in [2.75, 3.05) is 12.8 Å². The summed E-state index contributed by atoms with van der Waals surface area (Å²) in [6.45, 7) is 4.58. The molecule has 0 aliphatic heterocycles. The Morgan fingerprint density at radius 3 is 1.27 bits per heavy atom. The molecule has 0 bridgehead atoms. The molecule has 0 N–H and O–H groups in total. The molecule has 0 rings (SSSR count). The molecule has 2 atom stereocenters. The molecule has 0 amide bonds. The highest BCUT2D eigenvalue weighted by molar-refractivity contribution is 7.16. The summed E-state index contributed by atoms with van der Waals surface area (Å²) in [5.41, 5.74) is 0. The molecule has 0 aromatic heterocycles. The zero-order valence-electron chi connectivity index (χ0n) is 28.8. The maximum absolute atomic E-state index is 12.1. The van der Waals surface area contributed by atoms with E-state index in [4.69, 9.17) is 9.47 Å². The molecule has 0 aromatic rings. The molecule has 254 valence electrons. The SMILES string of the molecule is CCCCCCCCCCCCC/C=C/C=C/C(=O)OCC(CP)OC(=O)/C=C/C=C/CCCCCCCCCCCCC. The van der Waals surface area contributed by atoms with Crippen LogP contribution in [0, 0.1) is 0 Å². The van der Waals surface area contributed by atoms with Crippen LogP contribution in [0.15, 0.2) is 48.6 Å². The average molecular weight is 633 g/mol. The molecule has 5 heteroatoms. The molecule has 0 aliphatic rings. The highest BCUT2D eigenvalue weighted by Crippen LogP contribution is 2.13. The van der Waals surface area contributed by atoms with E-state index in [2.05, 4.69) is 35.2 Å². The van der Waals surface area contributed by atoms with E-state index < -0.39 is 18.0 Å². The first-order valence-corrected chi connectivity index (χ1v) is 19.2. The van der Waals surface area contributed by atoms with Crippen LogP contribution in [0.3, 0.4) is 0 Å². The van der Waals surface area contributed by atoms with E-state index in [9.17, 15) is 9.59 Å². The third kappa shape index (κ3) is 33.2. The van der Waals surface area contributed by atoms with Crippen molar-refractivity contribution in [3.63, 3.8) is 0 Å². The van der Waals surface area contributed by atoms with Crippen LogP contribution in [-0.4, -0.2) is 30.8 Å². The highest BCUT2D eigenvalue weighted by atomic mass is 31.0. The first kappa shape index (κ1) is 42.3. The van der Waals surface area contributed by atoms with Gasteiger partial charge in [0.1, 0.15) is 12.7 Å². The number of hydrogen-bond acceptors (Lipinski definition) is 4. The molecule has 2 unspecified atom stereocenters. The molecule has 0 aliphatic carbocycles. The number of ether oxygens (including phenoxy) is 2. The number of rotatable bonds is 32. The van der Waals surface area contributed by atoms with Gasteiger partial charge in [0, 0.05) is 18.3 Å². The van der Waals surface area contributed by atoms with Gasteiger partial charge in [-0.1, -0.05) is 179 Å². The Kier molecular flexibility index (Phi) is 34.4. The Balaban J connectivity index is 3.77. The maximum Gasteiger partial charge on any atom is 0.331 e. The van der Waals surface area contributed by atoms with Crippen molar-refractivity contribution in [1.29, 1.82) is 0 Å². The van der Waals surface area contributed by atoms with Crippen molar-refractivity contribution >= 4 is 21.2 Å². The number of carbonyl (C=O) groups is 2. The van der Waals surface area contributed by atoms with Gasteiger partial charge < -0.3 is 9.47 Å². The summed E-state index contributed by atoms with van der Waals surface area (Å²) < 4.78 is 10.7. The second-order valence-corrected chi connectivity index (χ2v) is 12.6. The molecular weight excluding hydrogens is 563 g/mol. The molecule has 0 heterocycles. The van der Waals surface area contributed by atoms with Crippen molar-refractivity contribution in [1.82, 2.24) is 0 Å². The van der Waals surface area contributed by atoms with Crippen LogP contribution in [0.25, 0.3) is 0 Å². The summed E-state index contributed by atoms with van der Waals surface area (Å²) in [6.07, 6.45) is 46.0. The van der Waals surface area contributed by atoms with Gasteiger partial charge in [0.15, 0.2) is 0 Å². The lowest BCUT2D eigenvalue weighted by atomic mass is 10.1. The predicted octanol–water partition coefficient (Wildman–Crippen LogP) is 11.9. The third-order valence-corrected chi connectivity index (χ3v) is 8.39. The maximum atomic E-state index is 12.1. The normalized spacial score (nSPS) is 12.7. The average Bonchev–Trinajstić information content (AvgIpc) is 3.02. The summed E-state index contributed by atoms with van der Waals surface area (Å²) in [6, 6.07) is 0. The molecule has 0 radical (unpaired) electrons. The summed E-state index contributed by atoms with van der Waals surface area (Å²) in [7, 11) is 2.54. The first-order valence-electron chi connectivity index (χ1n) is 18.4. The number of carbonyl (C=O) groups excluding carboxylic acids is 2. The van der Waals surface area contributed by atoms with Crippen LogP contribution in [0.2, 0.25) is 0 Å². The van der Waals surface area contributed by atoms with Crippen LogP contribution in [0.5, 0.6) is 0 Å². The summed E-state index contributed by atoms with van der Waals surface area (Å²) in [5, 5.41) is 0. The second kappa shape index (κ2) is 35.8. The van der Waals surface area contributed by atoms with Crippen molar-refractivity contribution < 1.29 is 19.1 Å². The summed E-state index contributed by atoms with van der Waals surface area (Å²) in [4.78, 5) is 24.1. The molecule has 0 spiro atoms. The fourth-order valence-electron chi connectivity index (χ4n) is 5.05. The zero-order valence-corrected chi connectivity index (χ0v) is 29.9. The third-order valence-electron chi connectivity index (χ3n) is 7.86. The van der Waals surface area contributed by atoms with Crippen LogP contribution in [0.4, 0.5) is 0 Å². The fourth-order valence-corrected chi connectivity index (χ4v) is 5.28. The van der Waals surface area contributed by atoms with E-state index in [0.717, 1.165) is 12.8 Å². The van der Waals surface area contributed by atoms with Crippen LogP contribution >= 0.6 is 9.24 Å². The van der Waals surface area contributed by atoms with Crippen LogP contribution in [0.1, 0.15) is 168 Å². The molecule has 0 saturated carbocycles. The van der Waals surface area contributed by atoms with Gasteiger partial charge in [0.05, 0.1) is 0 Å². The Labute approximate surface area is 275 Å². The number of esters is 2. The minimum atomic E-state index is -0.480. The highest BCUT2D eigenvalue weighted by Gasteiger charge is 2.12. The molecule has 4 nitrogen and oxygen atoms in total. The van der Waals surface area contributed by atoms with Gasteiger partial charge in [-0.25, -0.2) is 9.59 Å². The Hall–Kier alpha value is -1.67. The number of unbranched alkanes of at least 4 members (excludes halogenated alkanes) is 22. The van der Waals surface area contributed by atoms with E-state index in [0.29, 0.717) is 6.16 Å². The van der Waals surface area contributed by atoms with E-state index in [-0.39, 0.29) is 6.61 Å². The smallest absolute Gasteiger partial charge is 0.331 e. The topological polar surface area (TPSA) is 52.6 Å². The predicted molar refractivity (Wildman–Crippen MR) is 194 cm³/mol. The molecular formula is C39H69O4P. The van der Waals surface area contributed by atoms with Gasteiger partial charge in [0.25, 0.3) is 0 Å². The Morgan fingerprint density at radius 2 is 0.886 bits per heavy atom. The Bertz CT molecular complexity index is 755. The quantitative estimate of drug-likeness (QED) is 0.0243. The molecule has 44 heavy (non-hydrogen) atoms. The van der Waals surface area contributed by atoms with Gasteiger partial charge >= 0.3 is 11.9 Å². The van der Waals surface area contributed by atoms with Gasteiger partial charge in [-0.15, -0.1) is 9.24 Å².